The van der Waals surface area contributed by atoms with Crippen LogP contribution in [0.1, 0.15) is 35.2 Å². The zero-order valence-corrected chi connectivity index (χ0v) is 17.8. The van der Waals surface area contributed by atoms with Gasteiger partial charge in [0, 0.05) is 50.6 Å². The number of carbonyl (C=O) groups excluding carboxylic acids is 1. The first-order valence-electron chi connectivity index (χ1n) is 9.78. The van der Waals surface area contributed by atoms with Crippen LogP contribution < -0.4 is 4.74 Å². The third-order valence-electron chi connectivity index (χ3n) is 5.06. The number of aromatic nitrogens is 2. The molecule has 0 bridgehead atoms. The minimum Gasteiger partial charge on any atom is -0.497 e. The topological polar surface area (TPSA) is 84.7 Å². The van der Waals surface area contributed by atoms with Crippen LogP contribution in [-0.4, -0.2) is 65.8 Å². The summed E-state index contributed by atoms with van der Waals surface area (Å²) in [7, 11) is -0.0521. The fraction of sp³-hybridized carbons (Fsp3) is 0.500. The molecule has 1 aliphatic heterocycles. The first-order valence-corrected chi connectivity index (χ1v) is 11.4. The molecule has 0 radical (unpaired) electrons. The highest BCUT2D eigenvalue weighted by Crippen LogP contribution is 2.18. The van der Waals surface area contributed by atoms with Crippen molar-refractivity contribution in [2.75, 3.05) is 32.5 Å². The van der Waals surface area contributed by atoms with Gasteiger partial charge in [0.15, 0.2) is 0 Å². The van der Waals surface area contributed by atoms with Crippen LogP contribution in [0.4, 0.5) is 0 Å². The van der Waals surface area contributed by atoms with Gasteiger partial charge in [-0.1, -0.05) is 12.5 Å². The predicted octanol–water partition coefficient (Wildman–Crippen LogP) is 1.89. The summed E-state index contributed by atoms with van der Waals surface area (Å²) < 4.78 is 33.9. The summed E-state index contributed by atoms with van der Waals surface area (Å²) in [4.78, 5) is 14.7. The number of sulfonamides is 1. The molecule has 8 nitrogen and oxygen atoms in total. The molecule has 2 aromatic rings. The highest BCUT2D eigenvalue weighted by molar-refractivity contribution is 7.89. The van der Waals surface area contributed by atoms with E-state index in [2.05, 4.69) is 5.10 Å². The van der Waals surface area contributed by atoms with Crippen LogP contribution in [-0.2, 0) is 23.6 Å². The monoisotopic (exact) mass is 420 g/mol. The maximum absolute atomic E-state index is 13.2. The maximum atomic E-state index is 13.2. The van der Waals surface area contributed by atoms with Gasteiger partial charge in [0.2, 0.25) is 10.0 Å². The molecule has 3 rings (SSSR count). The van der Waals surface area contributed by atoms with Crippen LogP contribution in [0.2, 0.25) is 0 Å². The molecule has 0 spiro atoms. The Labute approximate surface area is 172 Å². The van der Waals surface area contributed by atoms with Crippen LogP contribution in [0.5, 0.6) is 5.75 Å². The molecule has 0 saturated carbocycles. The third kappa shape index (κ3) is 5.57. The van der Waals surface area contributed by atoms with Gasteiger partial charge in [-0.05, 0) is 31.0 Å². The standard InChI is InChI=1S/C20H28N4O4S/c1-22-15-17(14-21-22)16-23(20(25)18-7-6-8-19(13-18)28-2)11-12-29(26,27)24-9-4-3-5-10-24/h6-8,13-15H,3-5,9-12,16H2,1-2H3. The third-order valence-corrected chi connectivity index (χ3v) is 6.91. The van der Waals surface area contributed by atoms with E-state index in [1.807, 2.05) is 6.20 Å². The zero-order chi connectivity index (χ0) is 20.9. The second-order valence-electron chi connectivity index (χ2n) is 7.26. The van der Waals surface area contributed by atoms with Gasteiger partial charge in [-0.2, -0.15) is 5.10 Å². The summed E-state index contributed by atoms with van der Waals surface area (Å²) >= 11 is 0. The molecule has 1 fully saturated rings. The van der Waals surface area contributed by atoms with Crippen molar-refractivity contribution in [3.05, 3.63) is 47.8 Å². The van der Waals surface area contributed by atoms with Crippen LogP contribution in [0.15, 0.2) is 36.7 Å². The first-order chi connectivity index (χ1) is 13.9. The lowest BCUT2D eigenvalue weighted by molar-refractivity contribution is 0.0753. The van der Waals surface area contributed by atoms with Crippen molar-refractivity contribution in [2.45, 2.75) is 25.8 Å². The molecular weight excluding hydrogens is 392 g/mol. The summed E-state index contributed by atoms with van der Waals surface area (Å²) in [6.07, 6.45) is 6.35. The number of amides is 1. The van der Waals surface area contributed by atoms with Gasteiger partial charge in [0.25, 0.3) is 5.91 Å². The van der Waals surface area contributed by atoms with Crippen molar-refractivity contribution in [1.82, 2.24) is 19.0 Å². The van der Waals surface area contributed by atoms with Crippen LogP contribution in [0.25, 0.3) is 0 Å². The lowest BCUT2D eigenvalue weighted by atomic mass is 10.1. The van der Waals surface area contributed by atoms with Crippen molar-refractivity contribution < 1.29 is 17.9 Å². The van der Waals surface area contributed by atoms with E-state index in [1.165, 1.54) is 0 Å². The number of aryl methyl sites for hydroxylation is 1. The Hall–Kier alpha value is -2.39. The van der Waals surface area contributed by atoms with E-state index in [4.69, 9.17) is 4.74 Å². The Morgan fingerprint density at radius 3 is 2.66 bits per heavy atom. The first kappa shape index (κ1) is 21.3. The van der Waals surface area contributed by atoms with Crippen LogP contribution in [0, 0.1) is 0 Å². The Morgan fingerprint density at radius 1 is 1.24 bits per heavy atom. The van der Waals surface area contributed by atoms with Crippen molar-refractivity contribution in [2.24, 2.45) is 7.05 Å². The molecule has 2 heterocycles. The number of piperidine rings is 1. The largest absolute Gasteiger partial charge is 0.497 e. The second kappa shape index (κ2) is 9.41. The summed E-state index contributed by atoms with van der Waals surface area (Å²) in [5.41, 5.74) is 1.31. The van der Waals surface area contributed by atoms with Crippen molar-refractivity contribution in [3.8, 4) is 5.75 Å². The number of hydrogen-bond donors (Lipinski definition) is 0. The van der Waals surface area contributed by atoms with E-state index >= 15 is 0 Å². The van der Waals surface area contributed by atoms with Crippen molar-refractivity contribution >= 4 is 15.9 Å². The molecule has 9 heteroatoms. The zero-order valence-electron chi connectivity index (χ0n) is 17.0. The molecular formula is C20H28N4O4S. The van der Waals surface area contributed by atoms with E-state index in [1.54, 1.807) is 58.5 Å². The highest BCUT2D eigenvalue weighted by atomic mass is 32.2. The molecule has 1 saturated heterocycles. The molecule has 29 heavy (non-hydrogen) atoms. The van der Waals surface area contributed by atoms with Gasteiger partial charge in [0.1, 0.15) is 5.75 Å². The van der Waals surface area contributed by atoms with Gasteiger partial charge in [0.05, 0.1) is 19.1 Å². The number of hydrogen-bond acceptors (Lipinski definition) is 5. The van der Waals surface area contributed by atoms with Gasteiger partial charge in [-0.15, -0.1) is 0 Å². The summed E-state index contributed by atoms with van der Waals surface area (Å²) in [6.45, 7) is 1.53. The Balaban J connectivity index is 1.77. The Morgan fingerprint density at radius 2 is 2.00 bits per heavy atom. The SMILES string of the molecule is COc1cccc(C(=O)N(CCS(=O)(=O)N2CCCCC2)Cc2cnn(C)c2)c1. The van der Waals surface area contributed by atoms with Gasteiger partial charge < -0.3 is 9.64 Å². The smallest absolute Gasteiger partial charge is 0.254 e. The van der Waals surface area contributed by atoms with Crippen LogP contribution in [0.3, 0.4) is 0 Å². The average Bonchev–Trinajstić information content (AvgIpc) is 3.16. The molecule has 0 atom stereocenters. The maximum Gasteiger partial charge on any atom is 0.254 e. The molecule has 158 valence electrons. The van der Waals surface area contributed by atoms with Crippen LogP contribution >= 0.6 is 0 Å². The number of carbonyl (C=O) groups is 1. The quantitative estimate of drug-likeness (QED) is 0.651. The van der Waals surface area contributed by atoms with E-state index in [9.17, 15) is 13.2 Å². The van der Waals surface area contributed by atoms with Gasteiger partial charge in [-0.3, -0.25) is 9.48 Å². The summed E-state index contributed by atoms with van der Waals surface area (Å²) in [6, 6.07) is 6.89. The lowest BCUT2D eigenvalue weighted by Gasteiger charge is -2.28. The fourth-order valence-corrected chi connectivity index (χ4v) is 4.99. The molecule has 1 aromatic carbocycles. The Bertz CT molecular complexity index is 935. The van der Waals surface area contributed by atoms with E-state index in [-0.39, 0.29) is 18.2 Å². The molecule has 0 aliphatic carbocycles. The molecule has 0 unspecified atom stereocenters. The molecule has 0 N–H and O–H groups in total. The number of rotatable bonds is 8. The molecule has 1 amide bonds. The van der Waals surface area contributed by atoms with E-state index in [0.29, 0.717) is 30.9 Å². The normalized spacial score (nSPS) is 15.2. The minimum atomic E-state index is -3.40. The van der Waals surface area contributed by atoms with Gasteiger partial charge >= 0.3 is 0 Å². The fourth-order valence-electron chi connectivity index (χ4n) is 3.46. The van der Waals surface area contributed by atoms with E-state index in [0.717, 1.165) is 24.8 Å². The number of methoxy groups -OCH3 is 1. The summed E-state index contributed by atoms with van der Waals surface area (Å²) in [5.74, 6) is 0.253. The lowest BCUT2D eigenvalue weighted by Crippen LogP contribution is -2.41. The predicted molar refractivity (Wildman–Crippen MR) is 110 cm³/mol. The molecule has 1 aromatic heterocycles. The van der Waals surface area contributed by atoms with Crippen molar-refractivity contribution in [3.63, 3.8) is 0 Å². The highest BCUT2D eigenvalue weighted by Gasteiger charge is 2.26. The van der Waals surface area contributed by atoms with E-state index < -0.39 is 10.0 Å². The number of benzene rings is 1. The van der Waals surface area contributed by atoms with Crippen molar-refractivity contribution in [1.29, 1.82) is 0 Å². The van der Waals surface area contributed by atoms with Gasteiger partial charge in [-0.25, -0.2) is 12.7 Å². The number of ether oxygens (including phenoxy) is 1. The summed E-state index contributed by atoms with van der Waals surface area (Å²) in [5, 5.41) is 4.14. The average molecular weight is 421 g/mol. The molecule has 1 aliphatic rings. The number of nitrogens with zero attached hydrogens (tertiary/aromatic N) is 4. The second-order valence-corrected chi connectivity index (χ2v) is 9.35. The minimum absolute atomic E-state index is 0.0943. The Kier molecular flexibility index (Phi) is 6.92.